The fourth-order valence-corrected chi connectivity index (χ4v) is 3.77. The molecule has 3 rings (SSSR count). The zero-order chi connectivity index (χ0) is 21.2. The Morgan fingerprint density at radius 2 is 2.00 bits per heavy atom. The Balaban J connectivity index is 1.71. The zero-order valence-corrected chi connectivity index (χ0v) is 17.3. The molecule has 1 aliphatic rings. The van der Waals surface area contributed by atoms with Crippen LogP contribution in [0.3, 0.4) is 0 Å². The summed E-state index contributed by atoms with van der Waals surface area (Å²) in [4.78, 5) is 31.0. The van der Waals surface area contributed by atoms with Crippen molar-refractivity contribution >= 4 is 28.5 Å². The average molecular weight is 423 g/mol. The summed E-state index contributed by atoms with van der Waals surface area (Å²) in [7, 11) is 0. The van der Waals surface area contributed by atoms with Crippen molar-refractivity contribution in [3.05, 3.63) is 35.2 Å². The maximum absolute atomic E-state index is 13.4. The van der Waals surface area contributed by atoms with E-state index in [0.717, 1.165) is 25.0 Å². The van der Waals surface area contributed by atoms with Crippen LogP contribution in [0.25, 0.3) is 11.3 Å². The molecule has 2 aromatic rings. The van der Waals surface area contributed by atoms with Gasteiger partial charge in [-0.2, -0.15) is 0 Å². The number of aromatic nitrogens is 1. The van der Waals surface area contributed by atoms with Crippen LogP contribution in [0.2, 0.25) is 0 Å². The van der Waals surface area contributed by atoms with Gasteiger partial charge >= 0.3 is 6.09 Å². The molecule has 156 valence electrons. The lowest BCUT2D eigenvalue weighted by Crippen LogP contribution is -2.51. The first-order valence-electron chi connectivity index (χ1n) is 9.35. The van der Waals surface area contributed by atoms with Gasteiger partial charge in [0, 0.05) is 17.5 Å². The van der Waals surface area contributed by atoms with Crippen LogP contribution in [0.1, 0.15) is 40.0 Å². The molecule has 2 amide bonds. The molecular weight excluding hydrogens is 400 g/mol. The number of benzene rings is 1. The standard InChI is InChI=1S/C20H23F2N3O3S/c1-20(2,3)28-19(27)25-9-5-4-6-16(25)17(26)24-18-23-15(11-29-18)12-7-8-13(21)14(22)10-12/h7-8,10-11,16H,4-6,9H2,1-3H3,(H,23,24,26). The topological polar surface area (TPSA) is 71.5 Å². The number of rotatable bonds is 3. The van der Waals surface area contributed by atoms with Gasteiger partial charge in [0.2, 0.25) is 5.91 Å². The van der Waals surface area contributed by atoms with Gasteiger partial charge in [-0.05, 0) is 58.2 Å². The molecule has 1 unspecified atom stereocenters. The van der Waals surface area contributed by atoms with Gasteiger partial charge < -0.3 is 10.1 Å². The Labute approximate surface area is 171 Å². The minimum Gasteiger partial charge on any atom is -0.444 e. The number of carbonyl (C=O) groups is 2. The highest BCUT2D eigenvalue weighted by atomic mass is 32.1. The van der Waals surface area contributed by atoms with Gasteiger partial charge in [0.25, 0.3) is 0 Å². The highest BCUT2D eigenvalue weighted by Crippen LogP contribution is 2.27. The van der Waals surface area contributed by atoms with Gasteiger partial charge in [0.15, 0.2) is 16.8 Å². The summed E-state index contributed by atoms with van der Waals surface area (Å²) in [5.41, 5.74) is 0.190. The van der Waals surface area contributed by atoms with E-state index < -0.39 is 29.4 Å². The van der Waals surface area contributed by atoms with E-state index in [1.54, 1.807) is 26.2 Å². The SMILES string of the molecule is CC(C)(C)OC(=O)N1CCCCC1C(=O)Nc1nc(-c2ccc(F)c(F)c2)cs1. The summed E-state index contributed by atoms with van der Waals surface area (Å²) in [5.74, 6) is -2.24. The van der Waals surface area contributed by atoms with Crippen LogP contribution in [0.15, 0.2) is 23.6 Å². The molecule has 1 aliphatic heterocycles. The first-order chi connectivity index (χ1) is 13.6. The van der Waals surface area contributed by atoms with Gasteiger partial charge in [-0.3, -0.25) is 9.69 Å². The molecule has 29 heavy (non-hydrogen) atoms. The number of likely N-dealkylation sites (tertiary alicyclic amines) is 1. The van der Waals surface area contributed by atoms with Crippen molar-refractivity contribution in [1.82, 2.24) is 9.88 Å². The largest absolute Gasteiger partial charge is 0.444 e. The number of hydrogen-bond donors (Lipinski definition) is 1. The van der Waals surface area contributed by atoms with E-state index in [9.17, 15) is 18.4 Å². The molecule has 9 heteroatoms. The fraction of sp³-hybridized carbons (Fsp3) is 0.450. The van der Waals surface area contributed by atoms with Gasteiger partial charge in [-0.1, -0.05) is 0 Å². The number of thiazole rings is 1. The van der Waals surface area contributed by atoms with Gasteiger partial charge in [0.1, 0.15) is 11.6 Å². The molecule has 0 saturated carbocycles. The van der Waals surface area contributed by atoms with Gasteiger partial charge in [-0.15, -0.1) is 11.3 Å². The van der Waals surface area contributed by atoms with Crippen LogP contribution in [0.5, 0.6) is 0 Å². The third kappa shape index (κ3) is 5.29. The van der Waals surface area contributed by atoms with E-state index in [0.29, 0.717) is 29.4 Å². The minimum absolute atomic E-state index is 0.324. The minimum atomic E-state index is -0.962. The lowest BCUT2D eigenvalue weighted by molar-refractivity contribution is -0.122. The summed E-state index contributed by atoms with van der Waals surface area (Å²) in [6, 6.07) is 2.86. The lowest BCUT2D eigenvalue weighted by atomic mass is 10.0. The predicted molar refractivity (Wildman–Crippen MR) is 107 cm³/mol. The van der Waals surface area contributed by atoms with Gasteiger partial charge in [0.05, 0.1) is 5.69 Å². The maximum Gasteiger partial charge on any atom is 0.410 e. The van der Waals surface area contributed by atoms with Crippen LogP contribution in [0.4, 0.5) is 18.7 Å². The summed E-state index contributed by atoms with van der Waals surface area (Å²) in [5, 5.41) is 4.70. The summed E-state index contributed by atoms with van der Waals surface area (Å²) in [6.07, 6.45) is 1.65. The smallest absolute Gasteiger partial charge is 0.410 e. The van der Waals surface area contributed by atoms with Crippen molar-refractivity contribution in [1.29, 1.82) is 0 Å². The van der Waals surface area contributed by atoms with Crippen molar-refractivity contribution < 1.29 is 23.1 Å². The van der Waals surface area contributed by atoms with E-state index in [2.05, 4.69) is 10.3 Å². The predicted octanol–water partition coefficient (Wildman–Crippen LogP) is 4.82. The Kier molecular flexibility index (Phi) is 6.16. The summed E-state index contributed by atoms with van der Waals surface area (Å²) >= 11 is 1.17. The van der Waals surface area contributed by atoms with E-state index >= 15 is 0 Å². The molecule has 1 atom stereocenters. The number of carbonyl (C=O) groups excluding carboxylic acids is 2. The van der Waals surface area contributed by atoms with Crippen LogP contribution in [0, 0.1) is 11.6 Å². The molecule has 1 aromatic heterocycles. The Hall–Kier alpha value is -2.55. The molecule has 0 aliphatic carbocycles. The molecule has 1 saturated heterocycles. The average Bonchev–Trinajstić information content (AvgIpc) is 3.11. The van der Waals surface area contributed by atoms with Crippen molar-refractivity contribution in [3.8, 4) is 11.3 Å². The zero-order valence-electron chi connectivity index (χ0n) is 16.5. The maximum atomic E-state index is 13.4. The number of piperidine rings is 1. The molecule has 0 radical (unpaired) electrons. The van der Waals surface area contributed by atoms with Crippen molar-refractivity contribution in [3.63, 3.8) is 0 Å². The third-order valence-corrected chi connectivity index (χ3v) is 5.14. The number of anilines is 1. The first kappa shape index (κ1) is 21.2. The molecule has 6 nitrogen and oxygen atoms in total. The molecule has 0 spiro atoms. The van der Waals surface area contributed by atoms with Crippen LogP contribution in [-0.4, -0.2) is 40.1 Å². The van der Waals surface area contributed by atoms with Crippen molar-refractivity contribution in [2.45, 2.75) is 51.7 Å². The summed E-state index contributed by atoms with van der Waals surface area (Å²) in [6.45, 7) is 5.78. The van der Waals surface area contributed by atoms with Crippen LogP contribution < -0.4 is 5.32 Å². The number of halogens is 2. The van der Waals surface area contributed by atoms with Crippen molar-refractivity contribution in [2.24, 2.45) is 0 Å². The second kappa shape index (κ2) is 8.44. The Morgan fingerprint density at radius 1 is 1.24 bits per heavy atom. The van der Waals surface area contributed by atoms with E-state index in [1.165, 1.54) is 22.3 Å². The number of amides is 2. The number of ether oxygens (including phenoxy) is 1. The third-order valence-electron chi connectivity index (χ3n) is 4.38. The number of nitrogens with one attached hydrogen (secondary N) is 1. The monoisotopic (exact) mass is 423 g/mol. The fourth-order valence-electron chi connectivity index (χ4n) is 3.05. The molecular formula is C20H23F2N3O3S. The highest BCUT2D eigenvalue weighted by molar-refractivity contribution is 7.14. The molecule has 0 bridgehead atoms. The van der Waals surface area contributed by atoms with Crippen LogP contribution in [-0.2, 0) is 9.53 Å². The van der Waals surface area contributed by atoms with E-state index in [-0.39, 0.29) is 5.91 Å². The first-order valence-corrected chi connectivity index (χ1v) is 10.2. The quantitative estimate of drug-likeness (QED) is 0.769. The van der Waals surface area contributed by atoms with Crippen LogP contribution >= 0.6 is 11.3 Å². The van der Waals surface area contributed by atoms with E-state index in [4.69, 9.17) is 4.74 Å². The lowest BCUT2D eigenvalue weighted by Gasteiger charge is -2.35. The summed E-state index contributed by atoms with van der Waals surface area (Å²) < 4.78 is 32.0. The molecule has 1 fully saturated rings. The normalized spacial score (nSPS) is 17.1. The molecule has 2 heterocycles. The van der Waals surface area contributed by atoms with Gasteiger partial charge in [-0.25, -0.2) is 18.6 Å². The van der Waals surface area contributed by atoms with E-state index in [1.807, 2.05) is 0 Å². The Bertz CT molecular complexity index is 911. The molecule has 1 N–H and O–H groups in total. The number of hydrogen-bond acceptors (Lipinski definition) is 5. The Morgan fingerprint density at radius 3 is 2.69 bits per heavy atom. The molecule has 1 aromatic carbocycles. The van der Waals surface area contributed by atoms with Crippen molar-refractivity contribution in [2.75, 3.05) is 11.9 Å². The second-order valence-electron chi connectivity index (χ2n) is 7.84. The number of nitrogens with zero attached hydrogens (tertiary/aromatic N) is 2. The second-order valence-corrected chi connectivity index (χ2v) is 8.70. The highest BCUT2D eigenvalue weighted by Gasteiger charge is 2.35.